The summed E-state index contributed by atoms with van der Waals surface area (Å²) in [7, 11) is -0.727. The fourth-order valence-corrected chi connectivity index (χ4v) is 3.72. The van der Waals surface area contributed by atoms with E-state index in [1.54, 1.807) is 18.2 Å². The lowest BCUT2D eigenvalue weighted by Gasteiger charge is -2.13. The SMILES string of the molecule is CN(C)S(=O)(=O)c1ccccc1-c1noc(Cn2nnc(-c3ccccc3)n2)n1. The van der Waals surface area contributed by atoms with E-state index in [4.69, 9.17) is 4.52 Å². The molecule has 0 spiro atoms. The molecule has 4 rings (SSSR count). The van der Waals surface area contributed by atoms with E-state index < -0.39 is 10.0 Å². The van der Waals surface area contributed by atoms with Crippen LogP contribution in [0.4, 0.5) is 0 Å². The van der Waals surface area contributed by atoms with Crippen molar-refractivity contribution in [3.05, 3.63) is 60.5 Å². The Balaban J connectivity index is 1.60. The van der Waals surface area contributed by atoms with Gasteiger partial charge in [0.1, 0.15) is 6.54 Å². The molecule has 0 bridgehead atoms. The van der Waals surface area contributed by atoms with Crippen molar-refractivity contribution in [2.45, 2.75) is 11.4 Å². The minimum Gasteiger partial charge on any atom is -0.337 e. The Morgan fingerprint density at radius 2 is 1.72 bits per heavy atom. The first-order valence-corrected chi connectivity index (χ1v) is 10.1. The van der Waals surface area contributed by atoms with Gasteiger partial charge in [0, 0.05) is 25.2 Å². The van der Waals surface area contributed by atoms with Gasteiger partial charge < -0.3 is 4.52 Å². The molecule has 0 radical (unpaired) electrons. The molecule has 11 heteroatoms. The Labute approximate surface area is 166 Å². The average Bonchev–Trinajstić information content (AvgIpc) is 3.39. The highest BCUT2D eigenvalue weighted by molar-refractivity contribution is 7.89. The minimum absolute atomic E-state index is 0.0996. The summed E-state index contributed by atoms with van der Waals surface area (Å²) in [6.07, 6.45) is 0. The van der Waals surface area contributed by atoms with Crippen molar-refractivity contribution in [2.75, 3.05) is 14.1 Å². The van der Waals surface area contributed by atoms with E-state index in [1.807, 2.05) is 30.3 Å². The molecule has 0 atom stereocenters. The molecule has 0 unspecified atom stereocenters. The zero-order valence-corrected chi connectivity index (χ0v) is 16.5. The number of hydrogen-bond donors (Lipinski definition) is 0. The molecule has 0 fully saturated rings. The Bertz CT molecular complexity index is 1230. The van der Waals surface area contributed by atoms with Crippen molar-refractivity contribution in [2.24, 2.45) is 0 Å². The largest absolute Gasteiger partial charge is 0.337 e. The summed E-state index contributed by atoms with van der Waals surface area (Å²) in [4.78, 5) is 5.74. The van der Waals surface area contributed by atoms with Crippen LogP contribution in [0.15, 0.2) is 64.0 Å². The molecule has 2 aromatic carbocycles. The average molecular weight is 411 g/mol. The third-order valence-corrected chi connectivity index (χ3v) is 5.99. The monoisotopic (exact) mass is 411 g/mol. The van der Waals surface area contributed by atoms with Crippen molar-refractivity contribution in [3.8, 4) is 22.8 Å². The van der Waals surface area contributed by atoms with E-state index in [-0.39, 0.29) is 23.2 Å². The highest BCUT2D eigenvalue weighted by Crippen LogP contribution is 2.26. The molecule has 0 saturated heterocycles. The van der Waals surface area contributed by atoms with Crippen molar-refractivity contribution < 1.29 is 12.9 Å². The Kier molecular flexibility index (Phi) is 4.91. The van der Waals surface area contributed by atoms with Crippen LogP contribution in [0.2, 0.25) is 0 Å². The summed E-state index contributed by atoms with van der Waals surface area (Å²) in [5.74, 6) is 0.881. The number of benzene rings is 2. The predicted molar refractivity (Wildman–Crippen MR) is 103 cm³/mol. The molecule has 29 heavy (non-hydrogen) atoms. The van der Waals surface area contributed by atoms with E-state index in [1.165, 1.54) is 25.0 Å². The summed E-state index contributed by atoms with van der Waals surface area (Å²) in [6, 6.07) is 15.9. The smallest absolute Gasteiger partial charge is 0.250 e. The Morgan fingerprint density at radius 3 is 2.48 bits per heavy atom. The second-order valence-corrected chi connectivity index (χ2v) is 8.43. The van der Waals surface area contributed by atoms with Gasteiger partial charge in [-0.25, -0.2) is 12.7 Å². The van der Waals surface area contributed by atoms with Crippen LogP contribution in [-0.2, 0) is 16.6 Å². The van der Waals surface area contributed by atoms with Crippen LogP contribution < -0.4 is 0 Å². The van der Waals surface area contributed by atoms with Crippen LogP contribution in [-0.4, -0.2) is 57.2 Å². The van der Waals surface area contributed by atoms with E-state index in [2.05, 4.69) is 25.6 Å². The molecule has 0 amide bonds. The van der Waals surface area contributed by atoms with Gasteiger partial charge in [0.25, 0.3) is 5.89 Å². The van der Waals surface area contributed by atoms with E-state index in [0.29, 0.717) is 11.4 Å². The molecule has 0 N–H and O–H groups in total. The second-order valence-electron chi connectivity index (χ2n) is 6.30. The molecule has 10 nitrogen and oxygen atoms in total. The van der Waals surface area contributed by atoms with Crippen LogP contribution in [0.25, 0.3) is 22.8 Å². The van der Waals surface area contributed by atoms with E-state index in [0.717, 1.165) is 9.87 Å². The minimum atomic E-state index is -3.66. The summed E-state index contributed by atoms with van der Waals surface area (Å²) >= 11 is 0. The third-order valence-electron chi connectivity index (χ3n) is 4.12. The van der Waals surface area contributed by atoms with Crippen molar-refractivity contribution in [3.63, 3.8) is 0 Å². The van der Waals surface area contributed by atoms with Gasteiger partial charge in [0.05, 0.1) is 4.90 Å². The van der Waals surface area contributed by atoms with Crippen molar-refractivity contribution in [1.29, 1.82) is 0 Å². The normalized spacial score (nSPS) is 11.8. The van der Waals surface area contributed by atoms with Crippen LogP contribution in [0.1, 0.15) is 5.89 Å². The quantitative estimate of drug-likeness (QED) is 0.470. The number of aromatic nitrogens is 6. The van der Waals surface area contributed by atoms with Gasteiger partial charge in [0.2, 0.25) is 21.7 Å². The Morgan fingerprint density at radius 1 is 1.00 bits per heavy atom. The van der Waals surface area contributed by atoms with Crippen LogP contribution in [0.5, 0.6) is 0 Å². The third kappa shape index (κ3) is 3.77. The summed E-state index contributed by atoms with van der Waals surface area (Å²) < 4.78 is 31.5. The Hall–Kier alpha value is -3.44. The molecule has 0 aliphatic rings. The van der Waals surface area contributed by atoms with Crippen molar-refractivity contribution >= 4 is 10.0 Å². The van der Waals surface area contributed by atoms with Gasteiger partial charge in [-0.3, -0.25) is 0 Å². The maximum Gasteiger partial charge on any atom is 0.250 e. The number of rotatable bonds is 6. The molecular formula is C18H17N7O3S. The van der Waals surface area contributed by atoms with E-state index in [9.17, 15) is 8.42 Å². The molecule has 4 aromatic rings. The summed E-state index contributed by atoms with van der Waals surface area (Å²) in [5, 5.41) is 16.2. The first kappa shape index (κ1) is 18.9. The highest BCUT2D eigenvalue weighted by atomic mass is 32.2. The molecule has 2 aromatic heterocycles. The zero-order chi connectivity index (χ0) is 20.4. The highest BCUT2D eigenvalue weighted by Gasteiger charge is 2.24. The van der Waals surface area contributed by atoms with Crippen LogP contribution in [0.3, 0.4) is 0 Å². The van der Waals surface area contributed by atoms with Crippen molar-refractivity contribution in [1.82, 2.24) is 34.7 Å². The van der Waals surface area contributed by atoms with E-state index >= 15 is 0 Å². The molecular weight excluding hydrogens is 394 g/mol. The predicted octanol–water partition coefficient (Wildman–Crippen LogP) is 1.69. The lowest BCUT2D eigenvalue weighted by Crippen LogP contribution is -2.22. The summed E-state index contributed by atoms with van der Waals surface area (Å²) in [6.45, 7) is 0.107. The van der Waals surface area contributed by atoms with Crippen LogP contribution >= 0.6 is 0 Å². The zero-order valence-electron chi connectivity index (χ0n) is 15.7. The van der Waals surface area contributed by atoms with Gasteiger partial charge in [-0.1, -0.05) is 47.6 Å². The molecule has 0 saturated carbocycles. The second kappa shape index (κ2) is 7.53. The first-order chi connectivity index (χ1) is 13.9. The van der Waals surface area contributed by atoms with Gasteiger partial charge in [-0.05, 0) is 17.3 Å². The fourth-order valence-electron chi connectivity index (χ4n) is 2.64. The lowest BCUT2D eigenvalue weighted by atomic mass is 10.2. The number of sulfonamides is 1. The number of tetrazole rings is 1. The maximum absolute atomic E-state index is 12.6. The number of nitrogens with zero attached hydrogens (tertiary/aromatic N) is 7. The fraction of sp³-hybridized carbons (Fsp3) is 0.167. The molecule has 0 aliphatic heterocycles. The molecule has 2 heterocycles. The van der Waals surface area contributed by atoms with Gasteiger partial charge >= 0.3 is 0 Å². The topological polar surface area (TPSA) is 120 Å². The van der Waals surface area contributed by atoms with Gasteiger partial charge in [0.15, 0.2) is 0 Å². The first-order valence-electron chi connectivity index (χ1n) is 8.63. The van der Waals surface area contributed by atoms with Gasteiger partial charge in [-0.2, -0.15) is 9.78 Å². The van der Waals surface area contributed by atoms with Gasteiger partial charge in [-0.15, -0.1) is 10.2 Å². The number of hydrogen-bond acceptors (Lipinski definition) is 8. The lowest BCUT2D eigenvalue weighted by molar-refractivity contribution is 0.356. The van der Waals surface area contributed by atoms with Crippen LogP contribution in [0, 0.1) is 0 Å². The summed E-state index contributed by atoms with van der Waals surface area (Å²) in [5.41, 5.74) is 1.19. The molecule has 148 valence electrons. The maximum atomic E-state index is 12.6. The molecule has 0 aliphatic carbocycles. The standard InChI is InChI=1S/C18H17N7O3S/c1-24(2)29(26,27)15-11-7-6-10-14(15)18-19-16(28-22-18)12-25-21-17(20-23-25)13-8-4-3-5-9-13/h3-11H,12H2,1-2H3.